The van der Waals surface area contributed by atoms with Crippen LogP contribution in [0.5, 0.6) is 0 Å². The molecule has 0 amide bonds. The molecular weight excluding hydrogens is 336 g/mol. The van der Waals surface area contributed by atoms with E-state index in [0.29, 0.717) is 0 Å². The van der Waals surface area contributed by atoms with Gasteiger partial charge in [0.25, 0.3) is 0 Å². The van der Waals surface area contributed by atoms with Gasteiger partial charge in [-0.1, -0.05) is 119 Å². The van der Waals surface area contributed by atoms with Crippen molar-refractivity contribution in [3.63, 3.8) is 0 Å². The Hall–Kier alpha value is 0.440. The predicted molar refractivity (Wildman–Crippen MR) is 104 cm³/mol. The largest absolute Gasteiger partial charge is 0.381 e. The molecule has 0 aliphatic carbocycles. The summed E-state index contributed by atoms with van der Waals surface area (Å²) in [6.45, 7) is 4.10. The van der Waals surface area contributed by atoms with Gasteiger partial charge in [-0.3, -0.25) is 0 Å². The highest BCUT2D eigenvalue weighted by atomic mass is 79.9. The average Bonchev–Trinajstić information content (AvgIpc) is 2.54. The van der Waals surface area contributed by atoms with Gasteiger partial charge in [-0.15, -0.1) is 0 Å². The van der Waals surface area contributed by atoms with E-state index in [-0.39, 0.29) is 0 Å². The third-order valence-electron chi connectivity index (χ3n) is 4.36. The van der Waals surface area contributed by atoms with Crippen LogP contribution >= 0.6 is 15.9 Å². The van der Waals surface area contributed by atoms with E-state index in [1.165, 1.54) is 103 Å². The molecule has 0 aromatic rings. The summed E-state index contributed by atoms with van der Waals surface area (Å²) in [7, 11) is 0. The van der Waals surface area contributed by atoms with Gasteiger partial charge >= 0.3 is 0 Å². The monoisotopic (exact) mass is 376 g/mol. The molecule has 0 saturated carbocycles. The predicted octanol–water partition coefficient (Wildman–Crippen LogP) is 7.66. The fraction of sp³-hybridized carbons (Fsp3) is 1.00. The molecule has 1 nitrogen and oxygen atoms in total. The first-order valence-electron chi connectivity index (χ1n) is 10.1. The highest BCUT2D eigenvalue weighted by molar-refractivity contribution is 9.09. The summed E-state index contributed by atoms with van der Waals surface area (Å²) < 4.78 is 5.46. The van der Waals surface area contributed by atoms with Crippen LogP contribution in [0, 0.1) is 0 Å². The number of unbranched alkanes of at least 4 members (excludes halogenated alkanes) is 15. The maximum atomic E-state index is 5.46. The third-order valence-corrected chi connectivity index (χ3v) is 4.69. The van der Waals surface area contributed by atoms with E-state index < -0.39 is 0 Å². The van der Waals surface area contributed by atoms with Gasteiger partial charge in [0, 0.05) is 11.9 Å². The van der Waals surface area contributed by atoms with Crippen LogP contribution in [0.1, 0.15) is 110 Å². The Kier molecular flexibility index (Phi) is 21.9. The molecule has 0 radical (unpaired) electrons. The van der Waals surface area contributed by atoms with Crippen molar-refractivity contribution < 1.29 is 4.74 Å². The van der Waals surface area contributed by atoms with E-state index in [4.69, 9.17) is 4.74 Å². The van der Waals surface area contributed by atoms with Crippen molar-refractivity contribution >= 4 is 15.9 Å². The fourth-order valence-electron chi connectivity index (χ4n) is 2.91. The lowest BCUT2D eigenvalue weighted by molar-refractivity contribution is 0.146. The van der Waals surface area contributed by atoms with E-state index in [2.05, 4.69) is 22.9 Å². The summed E-state index contributed by atoms with van der Waals surface area (Å²) in [5.74, 6) is 0. The van der Waals surface area contributed by atoms with Gasteiger partial charge in [0.15, 0.2) is 0 Å². The maximum absolute atomic E-state index is 5.46. The van der Waals surface area contributed by atoms with Crippen LogP contribution in [-0.2, 0) is 4.74 Å². The number of hydrogen-bond donors (Lipinski definition) is 0. The Balaban J connectivity index is 2.91. The molecule has 0 aliphatic heterocycles. The van der Waals surface area contributed by atoms with Crippen LogP contribution in [0.2, 0.25) is 0 Å². The number of alkyl halides is 1. The summed E-state index contributed by atoms with van der Waals surface area (Å²) in [6.07, 6.45) is 22.9. The van der Waals surface area contributed by atoms with Gasteiger partial charge in [0.1, 0.15) is 0 Å². The summed E-state index contributed by atoms with van der Waals surface area (Å²) in [4.78, 5) is 0. The van der Waals surface area contributed by atoms with Crippen molar-refractivity contribution in [2.24, 2.45) is 0 Å². The first-order valence-corrected chi connectivity index (χ1v) is 11.2. The van der Waals surface area contributed by atoms with Gasteiger partial charge in [0.2, 0.25) is 0 Å². The number of rotatable bonds is 19. The fourth-order valence-corrected chi connectivity index (χ4v) is 3.14. The number of halogens is 1. The molecule has 0 aromatic carbocycles. The van der Waals surface area contributed by atoms with Gasteiger partial charge in [0.05, 0.1) is 6.61 Å². The smallest absolute Gasteiger partial charge is 0.0563 e. The lowest BCUT2D eigenvalue weighted by atomic mass is 10.0. The quantitative estimate of drug-likeness (QED) is 0.166. The lowest BCUT2D eigenvalue weighted by Gasteiger charge is -2.04. The summed E-state index contributed by atoms with van der Waals surface area (Å²) in [5.41, 5.74) is 0. The molecule has 2 heteroatoms. The minimum absolute atomic E-state index is 0.860. The van der Waals surface area contributed by atoms with Crippen molar-refractivity contribution in [2.75, 3.05) is 18.5 Å². The molecule has 0 atom stereocenters. The first kappa shape index (κ1) is 22.4. The van der Waals surface area contributed by atoms with Gasteiger partial charge in [-0.05, 0) is 6.42 Å². The standard InChI is InChI=1S/C20H41BrO/c1-2-3-4-5-6-7-8-9-10-11-12-13-14-15-16-17-19-22-20-18-21/h2-20H2,1H3. The third kappa shape index (κ3) is 20.4. The number of hydrogen-bond acceptors (Lipinski definition) is 1. The lowest BCUT2D eigenvalue weighted by Crippen LogP contribution is -1.97. The zero-order chi connectivity index (χ0) is 16.1. The molecule has 0 spiro atoms. The Labute approximate surface area is 149 Å². The topological polar surface area (TPSA) is 9.23 Å². The van der Waals surface area contributed by atoms with Crippen molar-refractivity contribution in [1.82, 2.24) is 0 Å². The Morgan fingerprint density at radius 3 is 1.23 bits per heavy atom. The highest BCUT2D eigenvalue weighted by Gasteiger charge is 1.94. The zero-order valence-electron chi connectivity index (χ0n) is 15.2. The van der Waals surface area contributed by atoms with E-state index in [1.807, 2.05) is 0 Å². The zero-order valence-corrected chi connectivity index (χ0v) is 16.8. The molecule has 0 fully saturated rings. The molecule has 0 N–H and O–H groups in total. The van der Waals surface area contributed by atoms with E-state index in [0.717, 1.165) is 18.5 Å². The van der Waals surface area contributed by atoms with E-state index in [1.54, 1.807) is 0 Å². The maximum Gasteiger partial charge on any atom is 0.0563 e. The molecule has 0 aliphatic rings. The number of ether oxygens (including phenoxy) is 1. The summed E-state index contributed by atoms with van der Waals surface area (Å²) in [5, 5.41) is 0.964. The molecule has 0 unspecified atom stereocenters. The van der Waals surface area contributed by atoms with E-state index >= 15 is 0 Å². The van der Waals surface area contributed by atoms with Crippen molar-refractivity contribution in [2.45, 2.75) is 110 Å². The minimum atomic E-state index is 0.860. The molecular formula is C20H41BrO. The average molecular weight is 377 g/mol. The Morgan fingerprint density at radius 1 is 0.500 bits per heavy atom. The van der Waals surface area contributed by atoms with Crippen LogP contribution < -0.4 is 0 Å². The van der Waals surface area contributed by atoms with Crippen LogP contribution in [0.25, 0.3) is 0 Å². The normalized spacial score (nSPS) is 11.2. The molecule has 0 aromatic heterocycles. The van der Waals surface area contributed by atoms with Crippen LogP contribution in [0.4, 0.5) is 0 Å². The highest BCUT2D eigenvalue weighted by Crippen LogP contribution is 2.13. The molecule has 0 rings (SSSR count). The second kappa shape index (κ2) is 21.4. The van der Waals surface area contributed by atoms with E-state index in [9.17, 15) is 0 Å². The van der Waals surface area contributed by atoms with Gasteiger partial charge < -0.3 is 4.74 Å². The molecule has 0 bridgehead atoms. The summed E-state index contributed by atoms with van der Waals surface area (Å²) in [6, 6.07) is 0. The minimum Gasteiger partial charge on any atom is -0.381 e. The Morgan fingerprint density at radius 2 is 0.864 bits per heavy atom. The second-order valence-corrected chi connectivity index (χ2v) is 7.40. The van der Waals surface area contributed by atoms with Crippen molar-refractivity contribution in [3.05, 3.63) is 0 Å². The molecule has 0 heterocycles. The van der Waals surface area contributed by atoms with Gasteiger partial charge in [-0.2, -0.15) is 0 Å². The van der Waals surface area contributed by atoms with Crippen LogP contribution in [0.15, 0.2) is 0 Å². The van der Waals surface area contributed by atoms with Crippen molar-refractivity contribution in [3.8, 4) is 0 Å². The van der Waals surface area contributed by atoms with Gasteiger partial charge in [-0.25, -0.2) is 0 Å². The molecule has 22 heavy (non-hydrogen) atoms. The van der Waals surface area contributed by atoms with Crippen LogP contribution in [0.3, 0.4) is 0 Å². The Bertz CT molecular complexity index is 165. The molecule has 134 valence electrons. The summed E-state index contributed by atoms with van der Waals surface area (Å²) >= 11 is 3.37. The second-order valence-electron chi connectivity index (χ2n) is 6.60. The van der Waals surface area contributed by atoms with Crippen molar-refractivity contribution in [1.29, 1.82) is 0 Å². The molecule has 0 saturated heterocycles. The van der Waals surface area contributed by atoms with Crippen LogP contribution in [-0.4, -0.2) is 18.5 Å². The first-order chi connectivity index (χ1) is 10.9. The SMILES string of the molecule is CCCCCCCCCCCCCCCCCCOCCBr.